The second-order valence-electron chi connectivity index (χ2n) is 4.44. The van der Waals surface area contributed by atoms with Crippen LogP contribution in [-0.2, 0) is 0 Å². The number of halogens is 4. The molecule has 0 heterocycles. The third kappa shape index (κ3) is 4.39. The fourth-order valence-electron chi connectivity index (χ4n) is 1.86. The van der Waals surface area contributed by atoms with Gasteiger partial charge in [-0.15, -0.1) is 0 Å². The Morgan fingerprint density at radius 1 is 1.10 bits per heavy atom. The number of alkyl halides is 2. The van der Waals surface area contributed by atoms with Gasteiger partial charge >= 0.3 is 6.61 Å². The molecular formula is C15H13BrF3NO. The molecule has 2 aromatic rings. The van der Waals surface area contributed by atoms with Crippen LogP contribution in [0.2, 0.25) is 0 Å². The number of nitrogens with one attached hydrogen (secondary N) is 1. The Kier molecular flexibility index (Phi) is 5.12. The van der Waals surface area contributed by atoms with Crippen LogP contribution in [0.4, 0.5) is 18.9 Å². The van der Waals surface area contributed by atoms with Crippen molar-refractivity contribution in [3.8, 4) is 5.75 Å². The van der Waals surface area contributed by atoms with Crippen LogP contribution in [0.5, 0.6) is 5.75 Å². The summed E-state index contributed by atoms with van der Waals surface area (Å²) in [5, 5.41) is 3.03. The predicted molar refractivity (Wildman–Crippen MR) is 79.2 cm³/mol. The standard InChI is InChI=1S/C15H13BrF3NO/c1-9(20-14-8-11(16)4-7-13(14)17)10-2-5-12(6-3-10)21-15(18)19/h2-9,15,20H,1H3. The molecule has 0 aliphatic heterocycles. The van der Waals surface area contributed by atoms with Gasteiger partial charge in [0.15, 0.2) is 0 Å². The van der Waals surface area contributed by atoms with Gasteiger partial charge in [-0.25, -0.2) is 4.39 Å². The molecule has 0 aromatic heterocycles. The van der Waals surface area contributed by atoms with Crippen molar-refractivity contribution in [3.05, 3.63) is 58.3 Å². The van der Waals surface area contributed by atoms with Gasteiger partial charge in [-0.2, -0.15) is 8.78 Å². The Morgan fingerprint density at radius 2 is 1.76 bits per heavy atom. The summed E-state index contributed by atoms with van der Waals surface area (Å²) in [5.41, 5.74) is 1.20. The van der Waals surface area contributed by atoms with Gasteiger partial charge in [-0.3, -0.25) is 0 Å². The van der Waals surface area contributed by atoms with E-state index in [4.69, 9.17) is 0 Å². The summed E-state index contributed by atoms with van der Waals surface area (Å²) in [5.74, 6) is -0.266. The van der Waals surface area contributed by atoms with E-state index in [9.17, 15) is 13.2 Å². The minimum absolute atomic E-state index is 0.0922. The van der Waals surface area contributed by atoms with E-state index in [1.54, 1.807) is 24.3 Å². The molecule has 112 valence electrons. The Balaban J connectivity index is 2.09. The molecule has 1 unspecified atom stereocenters. The fourth-order valence-corrected chi connectivity index (χ4v) is 2.22. The van der Waals surface area contributed by atoms with E-state index in [1.807, 2.05) is 6.92 Å². The van der Waals surface area contributed by atoms with Crippen molar-refractivity contribution in [2.45, 2.75) is 19.6 Å². The van der Waals surface area contributed by atoms with Crippen molar-refractivity contribution in [1.29, 1.82) is 0 Å². The van der Waals surface area contributed by atoms with Gasteiger partial charge in [-0.05, 0) is 42.8 Å². The molecule has 0 amide bonds. The quantitative estimate of drug-likeness (QED) is 0.775. The SMILES string of the molecule is CC(Nc1cc(Br)ccc1F)c1ccc(OC(F)F)cc1. The summed E-state index contributed by atoms with van der Waals surface area (Å²) in [7, 11) is 0. The molecule has 0 bridgehead atoms. The molecule has 0 saturated heterocycles. The van der Waals surface area contributed by atoms with E-state index in [0.29, 0.717) is 5.69 Å². The van der Waals surface area contributed by atoms with Crippen molar-refractivity contribution in [1.82, 2.24) is 0 Å². The summed E-state index contributed by atoms with van der Waals surface area (Å²) >= 11 is 3.28. The lowest BCUT2D eigenvalue weighted by Crippen LogP contribution is -2.08. The number of ether oxygens (including phenoxy) is 1. The van der Waals surface area contributed by atoms with Gasteiger partial charge < -0.3 is 10.1 Å². The molecule has 6 heteroatoms. The molecule has 2 rings (SSSR count). The van der Waals surface area contributed by atoms with Crippen LogP contribution in [0.3, 0.4) is 0 Å². The lowest BCUT2D eigenvalue weighted by atomic mass is 10.1. The summed E-state index contributed by atoms with van der Waals surface area (Å²) < 4.78 is 42.8. The normalized spacial score (nSPS) is 12.3. The smallest absolute Gasteiger partial charge is 0.387 e. The molecule has 1 N–H and O–H groups in total. The molecule has 0 spiro atoms. The molecule has 0 fully saturated rings. The van der Waals surface area contributed by atoms with Crippen LogP contribution < -0.4 is 10.1 Å². The van der Waals surface area contributed by atoms with Crippen LogP contribution >= 0.6 is 15.9 Å². The highest BCUT2D eigenvalue weighted by Gasteiger charge is 2.10. The highest BCUT2D eigenvalue weighted by Crippen LogP contribution is 2.26. The minimum Gasteiger partial charge on any atom is -0.435 e. The van der Waals surface area contributed by atoms with E-state index in [0.717, 1.165) is 10.0 Å². The zero-order valence-electron chi connectivity index (χ0n) is 11.1. The Bertz CT molecular complexity index is 604. The predicted octanol–water partition coefficient (Wildman–Crippen LogP) is 5.36. The first-order valence-corrected chi connectivity index (χ1v) is 7.01. The molecule has 21 heavy (non-hydrogen) atoms. The maximum Gasteiger partial charge on any atom is 0.387 e. The molecule has 0 radical (unpaired) electrons. The lowest BCUT2D eigenvalue weighted by molar-refractivity contribution is -0.0498. The van der Waals surface area contributed by atoms with Crippen molar-refractivity contribution in [3.63, 3.8) is 0 Å². The summed E-state index contributed by atoms with van der Waals surface area (Å²) in [6.07, 6.45) is 0. The van der Waals surface area contributed by atoms with Crippen molar-refractivity contribution in [2.24, 2.45) is 0 Å². The highest BCUT2D eigenvalue weighted by molar-refractivity contribution is 9.10. The molecule has 2 aromatic carbocycles. The average molecular weight is 360 g/mol. The first-order chi connectivity index (χ1) is 9.95. The summed E-state index contributed by atoms with van der Waals surface area (Å²) in [6.45, 7) is -0.995. The first-order valence-electron chi connectivity index (χ1n) is 6.22. The lowest BCUT2D eigenvalue weighted by Gasteiger charge is -2.17. The average Bonchev–Trinajstić information content (AvgIpc) is 2.43. The summed E-state index contributed by atoms with van der Waals surface area (Å²) in [4.78, 5) is 0. The van der Waals surface area contributed by atoms with Crippen LogP contribution in [0.25, 0.3) is 0 Å². The molecule has 2 nitrogen and oxygen atoms in total. The zero-order chi connectivity index (χ0) is 15.4. The van der Waals surface area contributed by atoms with Gasteiger partial charge in [0.25, 0.3) is 0 Å². The Labute approximate surface area is 129 Å². The van der Waals surface area contributed by atoms with Gasteiger partial charge in [0, 0.05) is 10.5 Å². The van der Waals surface area contributed by atoms with E-state index in [2.05, 4.69) is 26.0 Å². The van der Waals surface area contributed by atoms with E-state index in [-0.39, 0.29) is 17.6 Å². The monoisotopic (exact) mass is 359 g/mol. The highest BCUT2D eigenvalue weighted by atomic mass is 79.9. The van der Waals surface area contributed by atoms with Gasteiger partial charge in [0.1, 0.15) is 11.6 Å². The molecule has 0 aliphatic rings. The third-order valence-corrected chi connectivity index (χ3v) is 3.40. The van der Waals surface area contributed by atoms with Gasteiger partial charge in [-0.1, -0.05) is 28.1 Å². The second-order valence-corrected chi connectivity index (χ2v) is 5.35. The van der Waals surface area contributed by atoms with Crippen molar-refractivity contribution >= 4 is 21.6 Å². The van der Waals surface area contributed by atoms with Crippen LogP contribution in [0, 0.1) is 5.82 Å². The third-order valence-electron chi connectivity index (χ3n) is 2.91. The zero-order valence-corrected chi connectivity index (χ0v) is 12.7. The van der Waals surface area contributed by atoms with Crippen LogP contribution in [0.15, 0.2) is 46.9 Å². The molecular weight excluding hydrogens is 347 g/mol. The number of benzene rings is 2. The topological polar surface area (TPSA) is 21.3 Å². The Morgan fingerprint density at radius 3 is 2.38 bits per heavy atom. The number of hydrogen-bond donors (Lipinski definition) is 1. The Hall–Kier alpha value is -1.69. The maximum atomic E-state index is 13.7. The minimum atomic E-state index is -2.85. The molecule has 0 saturated carbocycles. The number of anilines is 1. The van der Waals surface area contributed by atoms with Crippen LogP contribution in [0.1, 0.15) is 18.5 Å². The maximum absolute atomic E-state index is 13.7. The summed E-state index contributed by atoms with van der Waals surface area (Å²) in [6, 6.07) is 10.7. The number of rotatable bonds is 5. The van der Waals surface area contributed by atoms with Gasteiger partial charge in [0.2, 0.25) is 0 Å². The van der Waals surface area contributed by atoms with E-state index in [1.165, 1.54) is 18.2 Å². The largest absolute Gasteiger partial charge is 0.435 e. The fraction of sp³-hybridized carbons (Fsp3) is 0.200. The number of hydrogen-bond acceptors (Lipinski definition) is 2. The van der Waals surface area contributed by atoms with E-state index < -0.39 is 6.61 Å². The van der Waals surface area contributed by atoms with Crippen molar-refractivity contribution in [2.75, 3.05) is 5.32 Å². The molecule has 0 aliphatic carbocycles. The first kappa shape index (κ1) is 15.7. The van der Waals surface area contributed by atoms with Crippen molar-refractivity contribution < 1.29 is 17.9 Å². The molecule has 1 atom stereocenters. The second kappa shape index (κ2) is 6.85. The van der Waals surface area contributed by atoms with Gasteiger partial charge in [0.05, 0.1) is 5.69 Å². The van der Waals surface area contributed by atoms with E-state index >= 15 is 0 Å². The van der Waals surface area contributed by atoms with Crippen LogP contribution in [-0.4, -0.2) is 6.61 Å².